The highest BCUT2D eigenvalue weighted by Crippen LogP contribution is 2.48. The van der Waals surface area contributed by atoms with Crippen LogP contribution in [0.4, 0.5) is 5.69 Å². The number of anilines is 1. The van der Waals surface area contributed by atoms with Crippen molar-refractivity contribution in [2.24, 2.45) is 0 Å². The zero-order valence-electron chi connectivity index (χ0n) is 16.0. The van der Waals surface area contributed by atoms with E-state index in [1.54, 1.807) is 48.6 Å². The summed E-state index contributed by atoms with van der Waals surface area (Å²) in [6, 6.07) is 9.94. The highest BCUT2D eigenvalue weighted by atomic mass is 16.5. The number of amides is 1. The molecule has 0 aliphatic carbocycles. The van der Waals surface area contributed by atoms with Crippen molar-refractivity contribution in [3.8, 4) is 11.5 Å². The van der Waals surface area contributed by atoms with Crippen molar-refractivity contribution >= 4 is 17.7 Å². The van der Waals surface area contributed by atoms with Crippen molar-refractivity contribution in [3.63, 3.8) is 0 Å². The van der Waals surface area contributed by atoms with Crippen molar-refractivity contribution in [1.82, 2.24) is 0 Å². The predicted octanol–water partition coefficient (Wildman–Crippen LogP) is 3.19. The number of phenols is 1. The molecule has 3 rings (SSSR count). The van der Waals surface area contributed by atoms with Crippen LogP contribution >= 0.6 is 0 Å². The lowest BCUT2D eigenvalue weighted by atomic mass is 9.76. The van der Waals surface area contributed by atoms with Crippen LogP contribution in [0.1, 0.15) is 23.6 Å². The van der Waals surface area contributed by atoms with E-state index in [9.17, 15) is 15.0 Å². The van der Waals surface area contributed by atoms with Gasteiger partial charge in [0, 0.05) is 12.7 Å². The topological polar surface area (TPSA) is 88.0 Å². The molecule has 2 unspecified atom stereocenters. The molecule has 0 fully saturated rings. The smallest absolute Gasteiger partial charge is 0.257 e. The second kappa shape index (κ2) is 7.50. The normalized spacial score (nSPS) is 21.3. The predicted molar refractivity (Wildman–Crippen MR) is 107 cm³/mol. The van der Waals surface area contributed by atoms with E-state index in [0.717, 1.165) is 5.57 Å². The van der Waals surface area contributed by atoms with Gasteiger partial charge in [0.15, 0.2) is 11.7 Å². The number of aliphatic hydroxyl groups is 1. The van der Waals surface area contributed by atoms with Crippen LogP contribution in [0, 0.1) is 0 Å². The average Bonchev–Trinajstić information content (AvgIpc) is 2.67. The standard InChI is InChI=1S/C22H23NO5/c1-13(2)5-6-14-7-12-17-18(19(14)24)22(26,20(28-4)21(25)23-17)15-8-10-16(27-3)11-9-15/h5-12,20,24,26H,1H2,2-4H3,(H,23,25)/b6-5+. The van der Waals surface area contributed by atoms with Gasteiger partial charge in [-0.1, -0.05) is 36.4 Å². The zero-order valence-corrected chi connectivity index (χ0v) is 16.0. The van der Waals surface area contributed by atoms with Gasteiger partial charge in [0.05, 0.1) is 18.4 Å². The Bertz CT molecular complexity index is 948. The quantitative estimate of drug-likeness (QED) is 0.693. The number of benzene rings is 2. The number of rotatable bonds is 5. The molecule has 0 bridgehead atoms. The summed E-state index contributed by atoms with van der Waals surface area (Å²) in [4.78, 5) is 12.6. The van der Waals surface area contributed by atoms with Crippen LogP contribution in [0.25, 0.3) is 6.08 Å². The Balaban J connectivity index is 2.26. The van der Waals surface area contributed by atoms with Gasteiger partial charge >= 0.3 is 0 Å². The molecule has 6 nitrogen and oxygen atoms in total. The maximum Gasteiger partial charge on any atom is 0.257 e. The number of hydrogen-bond acceptors (Lipinski definition) is 5. The molecule has 6 heteroatoms. The summed E-state index contributed by atoms with van der Waals surface area (Å²) in [6.07, 6.45) is 2.20. The number of aromatic hydroxyl groups is 1. The summed E-state index contributed by atoms with van der Waals surface area (Å²) >= 11 is 0. The van der Waals surface area contributed by atoms with E-state index in [2.05, 4.69) is 11.9 Å². The van der Waals surface area contributed by atoms with Gasteiger partial charge in [0.2, 0.25) is 0 Å². The van der Waals surface area contributed by atoms with Crippen molar-refractivity contribution in [2.75, 3.05) is 19.5 Å². The first-order chi connectivity index (χ1) is 13.3. The Kier molecular flexibility index (Phi) is 5.27. The Morgan fingerprint density at radius 3 is 2.46 bits per heavy atom. The number of carbonyl (C=O) groups excluding carboxylic acids is 1. The van der Waals surface area contributed by atoms with E-state index in [1.165, 1.54) is 14.2 Å². The monoisotopic (exact) mass is 381 g/mol. The molecule has 0 saturated carbocycles. The third-order valence-electron chi connectivity index (χ3n) is 4.78. The van der Waals surface area contributed by atoms with Crippen molar-refractivity contribution in [3.05, 3.63) is 71.3 Å². The molecule has 0 radical (unpaired) electrons. The molecule has 2 aromatic rings. The molecule has 0 spiro atoms. The van der Waals surface area contributed by atoms with Gasteiger partial charge in [-0.25, -0.2) is 0 Å². The van der Waals surface area contributed by atoms with Crippen LogP contribution in [0.5, 0.6) is 11.5 Å². The van der Waals surface area contributed by atoms with Gasteiger partial charge < -0.3 is 25.0 Å². The molecule has 2 atom stereocenters. The molecule has 146 valence electrons. The third-order valence-corrected chi connectivity index (χ3v) is 4.78. The zero-order chi connectivity index (χ0) is 20.5. The molecular formula is C22H23NO5. The summed E-state index contributed by atoms with van der Waals surface area (Å²) in [5, 5.41) is 25.4. The molecule has 1 aliphatic rings. The molecule has 1 aliphatic heterocycles. The first-order valence-electron chi connectivity index (χ1n) is 8.73. The maximum atomic E-state index is 12.6. The Morgan fingerprint density at radius 2 is 1.89 bits per heavy atom. The van der Waals surface area contributed by atoms with Gasteiger partial charge in [-0.15, -0.1) is 0 Å². The number of methoxy groups -OCH3 is 2. The van der Waals surface area contributed by atoms with Gasteiger partial charge in [-0.3, -0.25) is 4.79 Å². The van der Waals surface area contributed by atoms with E-state index in [0.29, 0.717) is 22.6 Å². The lowest BCUT2D eigenvalue weighted by molar-refractivity contribution is -0.142. The first-order valence-corrected chi connectivity index (χ1v) is 8.73. The molecule has 1 heterocycles. The Hall–Kier alpha value is -3.09. The van der Waals surface area contributed by atoms with E-state index >= 15 is 0 Å². The van der Waals surface area contributed by atoms with E-state index < -0.39 is 17.6 Å². The second-order valence-electron chi connectivity index (χ2n) is 6.71. The van der Waals surface area contributed by atoms with Crippen LogP contribution in [0.15, 0.2) is 54.6 Å². The summed E-state index contributed by atoms with van der Waals surface area (Å²) < 4.78 is 10.5. The largest absolute Gasteiger partial charge is 0.507 e. The van der Waals surface area contributed by atoms with Crippen LogP contribution < -0.4 is 10.1 Å². The lowest BCUT2D eigenvalue weighted by Crippen LogP contribution is -2.52. The Labute approximate surface area is 163 Å². The van der Waals surface area contributed by atoms with Gasteiger partial charge in [-0.05, 0) is 36.8 Å². The maximum absolute atomic E-state index is 12.6. The lowest BCUT2D eigenvalue weighted by Gasteiger charge is -2.40. The number of nitrogens with one attached hydrogen (secondary N) is 1. The van der Waals surface area contributed by atoms with E-state index in [1.807, 2.05) is 6.92 Å². The molecular weight excluding hydrogens is 358 g/mol. The molecule has 28 heavy (non-hydrogen) atoms. The minimum Gasteiger partial charge on any atom is -0.507 e. The van der Waals surface area contributed by atoms with E-state index in [-0.39, 0.29) is 11.3 Å². The molecule has 1 amide bonds. The Morgan fingerprint density at radius 1 is 1.21 bits per heavy atom. The number of allylic oxidation sites excluding steroid dienone is 2. The SMILES string of the molecule is C=C(C)/C=C/c1ccc2c(c1O)C(O)(c1ccc(OC)cc1)C(OC)C(=O)N2. The fourth-order valence-corrected chi connectivity index (χ4v) is 3.40. The number of hydrogen-bond donors (Lipinski definition) is 3. The van der Waals surface area contributed by atoms with Gasteiger partial charge in [-0.2, -0.15) is 0 Å². The third kappa shape index (κ3) is 3.17. The van der Waals surface area contributed by atoms with Gasteiger partial charge in [0.25, 0.3) is 5.91 Å². The van der Waals surface area contributed by atoms with Crippen LogP contribution in [0.2, 0.25) is 0 Å². The first kappa shape index (κ1) is 19.7. The molecule has 0 aromatic heterocycles. The average molecular weight is 381 g/mol. The second-order valence-corrected chi connectivity index (χ2v) is 6.71. The summed E-state index contributed by atoms with van der Waals surface area (Å²) in [7, 11) is 2.88. The van der Waals surface area contributed by atoms with Gasteiger partial charge in [0.1, 0.15) is 11.5 Å². The number of phenolic OH excluding ortho intramolecular Hbond substituents is 1. The number of fused-ring (bicyclic) bond motifs is 1. The minimum absolute atomic E-state index is 0.143. The summed E-state index contributed by atoms with van der Waals surface area (Å²) in [5.74, 6) is -0.0440. The minimum atomic E-state index is -1.89. The van der Waals surface area contributed by atoms with Crippen LogP contribution in [0.3, 0.4) is 0 Å². The summed E-state index contributed by atoms with van der Waals surface area (Å²) in [6.45, 7) is 5.64. The van der Waals surface area contributed by atoms with Crippen LogP contribution in [-0.4, -0.2) is 36.4 Å². The van der Waals surface area contributed by atoms with Crippen molar-refractivity contribution in [1.29, 1.82) is 0 Å². The highest BCUT2D eigenvalue weighted by molar-refractivity contribution is 6.00. The van der Waals surface area contributed by atoms with Crippen molar-refractivity contribution in [2.45, 2.75) is 18.6 Å². The van der Waals surface area contributed by atoms with E-state index in [4.69, 9.17) is 9.47 Å². The van der Waals surface area contributed by atoms with Crippen molar-refractivity contribution < 1.29 is 24.5 Å². The summed E-state index contributed by atoms with van der Waals surface area (Å²) in [5.41, 5.74) is 0.294. The fourth-order valence-electron chi connectivity index (χ4n) is 3.40. The highest BCUT2D eigenvalue weighted by Gasteiger charge is 2.51. The van der Waals surface area contributed by atoms with Crippen LogP contribution in [-0.2, 0) is 15.1 Å². The number of carbonyl (C=O) groups is 1. The molecule has 3 N–H and O–H groups in total. The fraction of sp³-hybridized carbons (Fsp3) is 0.227. The number of ether oxygens (including phenoxy) is 2. The molecule has 0 saturated heterocycles. The molecule has 2 aromatic carbocycles.